The average molecular weight is 343 g/mol. The van der Waals surface area contributed by atoms with Crippen LogP contribution in [0.15, 0.2) is 40.9 Å². The Kier molecular flexibility index (Phi) is 4.29. The molecule has 0 unspecified atom stereocenters. The molecule has 0 atom stereocenters. The van der Waals surface area contributed by atoms with Crippen LogP contribution in [0.3, 0.4) is 0 Å². The number of nitro groups is 1. The SMILES string of the molecule is O=[N+]([O-])c1ccc(NCc2cc(F)ccc2F)c(Br)c1. The molecule has 0 aliphatic carbocycles. The summed E-state index contributed by atoms with van der Waals surface area (Å²) in [6.07, 6.45) is 0. The molecule has 0 radical (unpaired) electrons. The molecule has 0 heterocycles. The lowest BCUT2D eigenvalue weighted by Crippen LogP contribution is -2.03. The molecule has 2 aromatic carbocycles. The summed E-state index contributed by atoms with van der Waals surface area (Å²) in [5, 5.41) is 13.5. The maximum absolute atomic E-state index is 13.4. The van der Waals surface area contributed by atoms with Crippen molar-refractivity contribution < 1.29 is 13.7 Å². The van der Waals surface area contributed by atoms with E-state index in [9.17, 15) is 18.9 Å². The van der Waals surface area contributed by atoms with Gasteiger partial charge >= 0.3 is 0 Å². The summed E-state index contributed by atoms with van der Waals surface area (Å²) in [7, 11) is 0. The Morgan fingerprint density at radius 1 is 1.20 bits per heavy atom. The van der Waals surface area contributed by atoms with E-state index >= 15 is 0 Å². The molecule has 0 aliphatic rings. The summed E-state index contributed by atoms with van der Waals surface area (Å²) in [6.45, 7) is 0.0694. The highest BCUT2D eigenvalue weighted by Crippen LogP contribution is 2.27. The third kappa shape index (κ3) is 3.30. The Labute approximate surface area is 121 Å². The molecule has 20 heavy (non-hydrogen) atoms. The molecule has 104 valence electrons. The normalized spacial score (nSPS) is 10.3. The Morgan fingerprint density at radius 2 is 1.95 bits per heavy atom. The molecule has 2 aromatic rings. The Balaban J connectivity index is 2.15. The van der Waals surface area contributed by atoms with Crippen molar-refractivity contribution in [2.75, 3.05) is 5.32 Å². The van der Waals surface area contributed by atoms with Crippen molar-refractivity contribution in [3.05, 3.63) is 68.2 Å². The highest BCUT2D eigenvalue weighted by molar-refractivity contribution is 9.10. The maximum atomic E-state index is 13.4. The lowest BCUT2D eigenvalue weighted by atomic mass is 10.2. The van der Waals surface area contributed by atoms with Gasteiger partial charge in [0.25, 0.3) is 5.69 Å². The predicted octanol–water partition coefficient (Wildman–Crippen LogP) is 4.25. The van der Waals surface area contributed by atoms with Gasteiger partial charge in [-0.3, -0.25) is 10.1 Å². The second kappa shape index (κ2) is 5.96. The number of anilines is 1. The van der Waals surface area contributed by atoms with Gasteiger partial charge in [0.1, 0.15) is 11.6 Å². The second-order valence-electron chi connectivity index (χ2n) is 4.01. The first kappa shape index (κ1) is 14.4. The molecule has 2 rings (SSSR count). The van der Waals surface area contributed by atoms with E-state index in [4.69, 9.17) is 0 Å². The Bertz CT molecular complexity index is 665. The fourth-order valence-corrected chi connectivity index (χ4v) is 2.14. The first-order valence-electron chi connectivity index (χ1n) is 5.59. The number of nitro benzene ring substituents is 1. The van der Waals surface area contributed by atoms with E-state index in [-0.39, 0.29) is 17.8 Å². The van der Waals surface area contributed by atoms with Crippen molar-refractivity contribution in [2.45, 2.75) is 6.54 Å². The molecule has 0 aromatic heterocycles. The quantitative estimate of drug-likeness (QED) is 0.667. The zero-order valence-corrected chi connectivity index (χ0v) is 11.7. The van der Waals surface area contributed by atoms with Crippen LogP contribution in [-0.4, -0.2) is 4.92 Å². The van der Waals surface area contributed by atoms with E-state index in [1.807, 2.05) is 0 Å². The smallest absolute Gasteiger partial charge is 0.270 e. The van der Waals surface area contributed by atoms with E-state index in [1.54, 1.807) is 0 Å². The molecule has 0 amide bonds. The van der Waals surface area contributed by atoms with Crippen LogP contribution in [0, 0.1) is 21.7 Å². The van der Waals surface area contributed by atoms with Gasteiger partial charge in [-0.05, 0) is 40.2 Å². The molecule has 7 heteroatoms. The van der Waals surface area contributed by atoms with Crippen LogP contribution in [0.1, 0.15) is 5.56 Å². The molecule has 0 aliphatic heterocycles. The van der Waals surface area contributed by atoms with Crippen molar-refractivity contribution >= 4 is 27.3 Å². The van der Waals surface area contributed by atoms with Crippen molar-refractivity contribution in [1.82, 2.24) is 0 Å². The Morgan fingerprint density at radius 3 is 2.60 bits per heavy atom. The maximum Gasteiger partial charge on any atom is 0.270 e. The zero-order chi connectivity index (χ0) is 14.7. The van der Waals surface area contributed by atoms with Gasteiger partial charge in [0, 0.05) is 34.4 Å². The van der Waals surface area contributed by atoms with Gasteiger partial charge in [0.05, 0.1) is 4.92 Å². The van der Waals surface area contributed by atoms with Crippen LogP contribution in [0.4, 0.5) is 20.2 Å². The third-order valence-corrected chi connectivity index (χ3v) is 3.30. The van der Waals surface area contributed by atoms with Gasteiger partial charge in [-0.15, -0.1) is 0 Å². The van der Waals surface area contributed by atoms with Gasteiger partial charge in [0.2, 0.25) is 0 Å². The lowest BCUT2D eigenvalue weighted by Gasteiger charge is -2.09. The number of nitrogens with one attached hydrogen (secondary N) is 1. The van der Waals surface area contributed by atoms with E-state index in [0.717, 1.165) is 18.2 Å². The van der Waals surface area contributed by atoms with Crippen molar-refractivity contribution in [1.29, 1.82) is 0 Å². The monoisotopic (exact) mass is 342 g/mol. The van der Waals surface area contributed by atoms with Crippen LogP contribution < -0.4 is 5.32 Å². The summed E-state index contributed by atoms with van der Waals surface area (Å²) in [5.41, 5.74) is 0.675. The number of hydrogen-bond donors (Lipinski definition) is 1. The average Bonchev–Trinajstić information content (AvgIpc) is 2.40. The standard InChI is InChI=1S/C13H9BrF2N2O2/c14-11-6-10(18(19)20)2-4-13(11)17-7-8-5-9(15)1-3-12(8)16/h1-6,17H,7H2. The third-order valence-electron chi connectivity index (χ3n) is 2.64. The number of halogens is 3. The second-order valence-corrected chi connectivity index (χ2v) is 4.86. The van der Waals surface area contributed by atoms with Gasteiger partial charge in [-0.25, -0.2) is 8.78 Å². The highest BCUT2D eigenvalue weighted by Gasteiger charge is 2.10. The number of rotatable bonds is 4. The van der Waals surface area contributed by atoms with E-state index < -0.39 is 16.6 Å². The molecular formula is C13H9BrF2N2O2. The van der Waals surface area contributed by atoms with E-state index in [2.05, 4.69) is 21.2 Å². The summed E-state index contributed by atoms with van der Waals surface area (Å²) in [4.78, 5) is 10.1. The highest BCUT2D eigenvalue weighted by atomic mass is 79.9. The van der Waals surface area contributed by atoms with Gasteiger partial charge in [-0.2, -0.15) is 0 Å². The molecule has 0 saturated heterocycles. The fraction of sp³-hybridized carbons (Fsp3) is 0.0769. The van der Waals surface area contributed by atoms with Crippen molar-refractivity contribution in [3.8, 4) is 0 Å². The number of non-ortho nitro benzene ring substituents is 1. The fourth-order valence-electron chi connectivity index (χ4n) is 1.63. The summed E-state index contributed by atoms with van der Waals surface area (Å²) in [6, 6.07) is 7.36. The van der Waals surface area contributed by atoms with Crippen LogP contribution in [0.5, 0.6) is 0 Å². The van der Waals surface area contributed by atoms with E-state index in [0.29, 0.717) is 10.2 Å². The molecular weight excluding hydrogens is 334 g/mol. The largest absolute Gasteiger partial charge is 0.380 e. The van der Waals surface area contributed by atoms with Crippen LogP contribution in [0.2, 0.25) is 0 Å². The van der Waals surface area contributed by atoms with Crippen LogP contribution >= 0.6 is 15.9 Å². The van der Waals surface area contributed by atoms with Crippen molar-refractivity contribution in [2.24, 2.45) is 0 Å². The van der Waals surface area contributed by atoms with Crippen LogP contribution in [0.25, 0.3) is 0 Å². The summed E-state index contributed by atoms with van der Waals surface area (Å²) < 4.78 is 26.9. The minimum atomic E-state index is -0.522. The summed E-state index contributed by atoms with van der Waals surface area (Å²) in [5.74, 6) is -1.04. The zero-order valence-electron chi connectivity index (χ0n) is 10.1. The minimum absolute atomic E-state index is 0.0561. The molecule has 0 bridgehead atoms. The van der Waals surface area contributed by atoms with Crippen LogP contribution in [-0.2, 0) is 6.54 Å². The minimum Gasteiger partial charge on any atom is -0.380 e. The van der Waals surface area contributed by atoms with Gasteiger partial charge < -0.3 is 5.32 Å². The molecule has 0 saturated carbocycles. The number of benzene rings is 2. The molecule has 1 N–H and O–H groups in total. The van der Waals surface area contributed by atoms with E-state index in [1.165, 1.54) is 18.2 Å². The summed E-state index contributed by atoms with van der Waals surface area (Å²) >= 11 is 3.19. The van der Waals surface area contributed by atoms with Gasteiger partial charge in [-0.1, -0.05) is 0 Å². The first-order chi connectivity index (χ1) is 9.47. The molecule has 4 nitrogen and oxygen atoms in total. The topological polar surface area (TPSA) is 55.2 Å². The number of nitrogens with zero attached hydrogens (tertiary/aromatic N) is 1. The predicted molar refractivity (Wildman–Crippen MR) is 74.5 cm³/mol. The molecule has 0 spiro atoms. The lowest BCUT2D eigenvalue weighted by molar-refractivity contribution is -0.384. The Hall–Kier alpha value is -2.02. The van der Waals surface area contributed by atoms with Gasteiger partial charge in [0.15, 0.2) is 0 Å². The van der Waals surface area contributed by atoms with Crippen molar-refractivity contribution in [3.63, 3.8) is 0 Å². The first-order valence-corrected chi connectivity index (χ1v) is 6.38. The molecule has 0 fully saturated rings. The number of hydrogen-bond acceptors (Lipinski definition) is 3.